The quantitative estimate of drug-likeness (QED) is 0.145. The molecule has 0 aliphatic rings. The fourth-order valence-corrected chi connectivity index (χ4v) is 4.75. The van der Waals surface area contributed by atoms with Crippen LogP contribution in [0.1, 0.15) is 125 Å². The van der Waals surface area contributed by atoms with Crippen LogP contribution in [-0.4, -0.2) is 24.3 Å². The third-order valence-corrected chi connectivity index (χ3v) is 7.44. The van der Waals surface area contributed by atoms with Crippen molar-refractivity contribution in [3.8, 4) is 0 Å². The fraction of sp³-hybridized carbons (Fsp3) is 0.559. The molecule has 0 unspecified atom stereocenters. The van der Waals surface area contributed by atoms with Gasteiger partial charge in [0, 0.05) is 36.3 Å². The lowest BCUT2D eigenvalue weighted by atomic mass is 10.0. The molecule has 2 rings (SSSR count). The van der Waals surface area contributed by atoms with Gasteiger partial charge in [0.05, 0.1) is 0 Å². The summed E-state index contributed by atoms with van der Waals surface area (Å²) in [5.74, 6) is -0.431. The van der Waals surface area contributed by atoms with E-state index >= 15 is 0 Å². The second-order valence-corrected chi connectivity index (χ2v) is 10.9. The number of unbranched alkanes of at least 4 members (excludes halogenated alkanes) is 12. The summed E-state index contributed by atoms with van der Waals surface area (Å²) >= 11 is 0. The summed E-state index contributed by atoms with van der Waals surface area (Å²) in [5.41, 5.74) is 3.92. The molecule has 220 valence electrons. The first kappa shape index (κ1) is 33.1. The number of hydrogen-bond donors (Lipinski definition) is 3. The van der Waals surface area contributed by atoms with Crippen LogP contribution in [0.25, 0.3) is 0 Å². The number of carbonyl (C=O) groups is 3. The summed E-state index contributed by atoms with van der Waals surface area (Å²) in [6.07, 6.45) is 17.3. The number of carbonyl (C=O) groups excluding carboxylic acids is 3. The van der Waals surface area contributed by atoms with Crippen LogP contribution in [0.4, 0.5) is 11.4 Å². The van der Waals surface area contributed by atoms with E-state index < -0.39 is 0 Å². The molecule has 0 saturated heterocycles. The van der Waals surface area contributed by atoms with Gasteiger partial charge < -0.3 is 16.0 Å². The van der Waals surface area contributed by atoms with Crippen molar-refractivity contribution in [2.24, 2.45) is 0 Å². The average molecular weight is 550 g/mol. The maximum atomic E-state index is 12.7. The Kier molecular flexibility index (Phi) is 16.4. The van der Waals surface area contributed by atoms with Gasteiger partial charge in [-0.2, -0.15) is 0 Å². The summed E-state index contributed by atoms with van der Waals surface area (Å²) in [7, 11) is 0. The zero-order valence-electron chi connectivity index (χ0n) is 25.1. The van der Waals surface area contributed by atoms with Crippen LogP contribution >= 0.6 is 0 Å². The SMILES string of the molecule is CCCCCCCCCCCCCCCC(=O)NCCC(=O)Nc1cccc(C(=O)Nc2cccc(C)c2C)c1. The van der Waals surface area contributed by atoms with Crippen molar-refractivity contribution in [1.29, 1.82) is 0 Å². The Morgan fingerprint density at radius 2 is 1.25 bits per heavy atom. The van der Waals surface area contributed by atoms with Gasteiger partial charge in [0.25, 0.3) is 5.91 Å². The highest BCUT2D eigenvalue weighted by atomic mass is 16.2. The number of amides is 3. The van der Waals surface area contributed by atoms with Gasteiger partial charge in [-0.15, -0.1) is 0 Å². The lowest BCUT2D eigenvalue weighted by Gasteiger charge is -2.11. The number of benzene rings is 2. The molecule has 0 spiro atoms. The van der Waals surface area contributed by atoms with Gasteiger partial charge in [-0.3, -0.25) is 14.4 Å². The van der Waals surface area contributed by atoms with Crippen LogP contribution in [0, 0.1) is 13.8 Å². The Hall–Kier alpha value is -3.15. The molecule has 0 heterocycles. The Labute approximate surface area is 242 Å². The van der Waals surface area contributed by atoms with Gasteiger partial charge in [-0.1, -0.05) is 102 Å². The van der Waals surface area contributed by atoms with E-state index in [9.17, 15) is 14.4 Å². The minimum atomic E-state index is -0.231. The largest absolute Gasteiger partial charge is 0.356 e. The first-order chi connectivity index (χ1) is 19.4. The molecule has 0 atom stereocenters. The van der Waals surface area contributed by atoms with Gasteiger partial charge in [0.2, 0.25) is 11.8 Å². The standard InChI is InChI=1S/C34H51N3O3/c1-4-5-6-7-8-9-10-11-12-13-14-15-16-23-32(38)35-25-24-33(39)36-30-21-18-20-29(26-30)34(40)37-31-22-17-19-27(2)28(31)3/h17-22,26H,4-16,23-25H2,1-3H3,(H,35,38)(H,36,39)(H,37,40). The zero-order chi connectivity index (χ0) is 29.0. The second-order valence-electron chi connectivity index (χ2n) is 10.9. The predicted molar refractivity (Wildman–Crippen MR) is 167 cm³/mol. The van der Waals surface area contributed by atoms with E-state index in [-0.39, 0.29) is 24.1 Å². The van der Waals surface area contributed by atoms with Crippen LogP contribution in [0.5, 0.6) is 0 Å². The molecule has 40 heavy (non-hydrogen) atoms. The fourth-order valence-electron chi connectivity index (χ4n) is 4.75. The van der Waals surface area contributed by atoms with Crippen molar-refractivity contribution in [2.45, 2.75) is 117 Å². The highest BCUT2D eigenvalue weighted by Gasteiger charge is 2.11. The predicted octanol–water partition coefficient (Wildman–Crippen LogP) is 8.48. The van der Waals surface area contributed by atoms with Gasteiger partial charge in [0.1, 0.15) is 0 Å². The zero-order valence-corrected chi connectivity index (χ0v) is 25.1. The Bertz CT molecular complexity index is 1050. The van der Waals surface area contributed by atoms with Crippen LogP contribution in [-0.2, 0) is 9.59 Å². The van der Waals surface area contributed by atoms with Crippen LogP contribution in [0.15, 0.2) is 42.5 Å². The molecule has 0 aromatic heterocycles. The van der Waals surface area contributed by atoms with Gasteiger partial charge in [-0.25, -0.2) is 0 Å². The first-order valence-corrected chi connectivity index (χ1v) is 15.4. The van der Waals surface area contributed by atoms with Crippen LogP contribution in [0.3, 0.4) is 0 Å². The third-order valence-electron chi connectivity index (χ3n) is 7.44. The topological polar surface area (TPSA) is 87.3 Å². The summed E-state index contributed by atoms with van der Waals surface area (Å²) in [5, 5.41) is 8.61. The minimum absolute atomic E-state index is 0.000911. The van der Waals surface area contributed by atoms with E-state index in [4.69, 9.17) is 0 Å². The van der Waals surface area contributed by atoms with Gasteiger partial charge >= 0.3 is 0 Å². The molecule has 0 aliphatic heterocycles. The molecule has 2 aromatic rings. The second kappa shape index (κ2) is 19.8. The van der Waals surface area contributed by atoms with E-state index in [1.807, 2.05) is 32.0 Å². The molecule has 0 radical (unpaired) electrons. The summed E-state index contributed by atoms with van der Waals surface area (Å²) < 4.78 is 0. The highest BCUT2D eigenvalue weighted by molar-refractivity contribution is 6.05. The minimum Gasteiger partial charge on any atom is -0.356 e. The number of rotatable bonds is 20. The van der Waals surface area contributed by atoms with Crippen molar-refractivity contribution in [3.05, 3.63) is 59.2 Å². The highest BCUT2D eigenvalue weighted by Crippen LogP contribution is 2.20. The van der Waals surface area contributed by atoms with Crippen molar-refractivity contribution in [3.63, 3.8) is 0 Å². The van der Waals surface area contributed by atoms with Crippen molar-refractivity contribution in [2.75, 3.05) is 17.2 Å². The molecule has 0 bridgehead atoms. The maximum absolute atomic E-state index is 12.7. The lowest BCUT2D eigenvalue weighted by Crippen LogP contribution is -2.27. The molecular formula is C34H51N3O3. The molecule has 6 heteroatoms. The van der Waals surface area contributed by atoms with E-state index in [0.29, 0.717) is 24.2 Å². The van der Waals surface area contributed by atoms with Gasteiger partial charge in [-0.05, 0) is 55.7 Å². The smallest absolute Gasteiger partial charge is 0.255 e. The monoisotopic (exact) mass is 549 g/mol. The first-order valence-electron chi connectivity index (χ1n) is 15.4. The normalized spacial score (nSPS) is 10.8. The molecule has 3 N–H and O–H groups in total. The number of hydrogen-bond acceptors (Lipinski definition) is 3. The molecule has 0 aliphatic carbocycles. The number of anilines is 2. The van der Waals surface area contributed by atoms with Crippen LogP contribution < -0.4 is 16.0 Å². The van der Waals surface area contributed by atoms with E-state index in [1.165, 1.54) is 70.6 Å². The molecule has 3 amide bonds. The van der Waals surface area contributed by atoms with Crippen molar-refractivity contribution < 1.29 is 14.4 Å². The number of aryl methyl sites for hydroxylation is 1. The average Bonchev–Trinajstić information content (AvgIpc) is 2.94. The Morgan fingerprint density at radius 1 is 0.650 bits per heavy atom. The Balaban J connectivity index is 1.54. The number of nitrogens with one attached hydrogen (secondary N) is 3. The molecule has 6 nitrogen and oxygen atoms in total. The van der Waals surface area contributed by atoms with Crippen LogP contribution in [0.2, 0.25) is 0 Å². The molecular weight excluding hydrogens is 498 g/mol. The molecule has 0 fully saturated rings. The molecule has 2 aromatic carbocycles. The summed E-state index contributed by atoms with van der Waals surface area (Å²) in [6, 6.07) is 12.7. The maximum Gasteiger partial charge on any atom is 0.255 e. The molecule has 0 saturated carbocycles. The van der Waals surface area contributed by atoms with Crippen molar-refractivity contribution >= 4 is 29.1 Å². The van der Waals surface area contributed by atoms with Gasteiger partial charge in [0.15, 0.2) is 0 Å². The third kappa shape index (κ3) is 13.8. The van der Waals surface area contributed by atoms with E-state index in [0.717, 1.165) is 29.7 Å². The summed E-state index contributed by atoms with van der Waals surface area (Å²) in [4.78, 5) is 37.2. The van der Waals surface area contributed by atoms with Crippen molar-refractivity contribution in [1.82, 2.24) is 5.32 Å². The lowest BCUT2D eigenvalue weighted by molar-refractivity contribution is -0.121. The van der Waals surface area contributed by atoms with E-state index in [1.54, 1.807) is 24.3 Å². The Morgan fingerprint density at radius 3 is 1.90 bits per heavy atom. The van der Waals surface area contributed by atoms with E-state index in [2.05, 4.69) is 22.9 Å². The summed E-state index contributed by atoms with van der Waals surface area (Å²) in [6.45, 7) is 6.54.